The van der Waals surface area contributed by atoms with Gasteiger partial charge in [0.15, 0.2) is 0 Å². The molecule has 3 atom stereocenters. The molecule has 1 saturated carbocycles. The predicted molar refractivity (Wildman–Crippen MR) is 72.1 cm³/mol. The first kappa shape index (κ1) is 13.6. The fourth-order valence-corrected chi connectivity index (χ4v) is 4.99. The van der Waals surface area contributed by atoms with Crippen molar-refractivity contribution in [2.24, 2.45) is 11.8 Å². The van der Waals surface area contributed by atoms with Gasteiger partial charge in [-0.1, -0.05) is 12.1 Å². The molecule has 0 spiro atoms. The molecule has 1 N–H and O–H groups in total. The molecule has 1 saturated heterocycles. The van der Waals surface area contributed by atoms with Crippen LogP contribution >= 0.6 is 0 Å². The van der Waals surface area contributed by atoms with Crippen LogP contribution in [-0.4, -0.2) is 37.0 Å². The molecule has 0 radical (unpaired) electrons. The normalized spacial score (nSPS) is 30.1. The molecule has 0 amide bonds. The zero-order valence-corrected chi connectivity index (χ0v) is 11.8. The van der Waals surface area contributed by atoms with Crippen molar-refractivity contribution in [1.29, 1.82) is 5.26 Å². The van der Waals surface area contributed by atoms with E-state index in [1.54, 1.807) is 12.1 Å². The van der Waals surface area contributed by atoms with Crippen molar-refractivity contribution < 1.29 is 13.5 Å². The molecule has 3 unspecified atom stereocenters. The van der Waals surface area contributed by atoms with Gasteiger partial charge in [0, 0.05) is 19.0 Å². The summed E-state index contributed by atoms with van der Waals surface area (Å²) in [6.45, 7) is 0.803. The fourth-order valence-electron chi connectivity index (χ4n) is 3.32. The van der Waals surface area contributed by atoms with Crippen LogP contribution in [0.3, 0.4) is 0 Å². The quantitative estimate of drug-likeness (QED) is 0.880. The van der Waals surface area contributed by atoms with Gasteiger partial charge in [-0.15, -0.1) is 0 Å². The zero-order valence-electron chi connectivity index (χ0n) is 10.9. The van der Waals surface area contributed by atoms with Gasteiger partial charge in [-0.2, -0.15) is 9.57 Å². The second-order valence-electron chi connectivity index (χ2n) is 5.50. The van der Waals surface area contributed by atoms with E-state index in [9.17, 15) is 13.5 Å². The number of fused-ring (bicyclic) bond motifs is 1. The third-order valence-electron chi connectivity index (χ3n) is 4.41. The van der Waals surface area contributed by atoms with Crippen LogP contribution in [0.1, 0.15) is 18.4 Å². The number of aliphatic hydroxyl groups is 1. The van der Waals surface area contributed by atoms with E-state index in [-0.39, 0.29) is 22.3 Å². The van der Waals surface area contributed by atoms with Gasteiger partial charge in [0.25, 0.3) is 0 Å². The number of nitrogens with zero attached hydrogens (tertiary/aromatic N) is 2. The third-order valence-corrected chi connectivity index (χ3v) is 6.30. The first-order valence-electron chi connectivity index (χ1n) is 6.71. The average molecular weight is 292 g/mol. The highest BCUT2D eigenvalue weighted by atomic mass is 32.2. The van der Waals surface area contributed by atoms with Crippen LogP contribution in [0.2, 0.25) is 0 Å². The lowest BCUT2D eigenvalue weighted by molar-refractivity contribution is 0.129. The summed E-state index contributed by atoms with van der Waals surface area (Å²) in [5.41, 5.74) is 0.171. The van der Waals surface area contributed by atoms with Gasteiger partial charge in [-0.05, 0) is 30.9 Å². The van der Waals surface area contributed by atoms with Crippen molar-refractivity contribution in [2.45, 2.75) is 23.8 Å². The Kier molecular flexibility index (Phi) is 3.28. The summed E-state index contributed by atoms with van der Waals surface area (Å²) < 4.78 is 26.7. The van der Waals surface area contributed by atoms with Gasteiger partial charge in [-0.25, -0.2) is 8.42 Å². The Balaban J connectivity index is 1.93. The van der Waals surface area contributed by atoms with Crippen LogP contribution < -0.4 is 0 Å². The predicted octanol–water partition coefficient (Wildman–Crippen LogP) is 0.950. The van der Waals surface area contributed by atoms with Gasteiger partial charge in [0.2, 0.25) is 10.0 Å². The lowest BCUT2D eigenvalue weighted by Gasteiger charge is -2.18. The molecule has 0 aromatic heterocycles. The molecule has 1 aromatic carbocycles. The summed E-state index contributed by atoms with van der Waals surface area (Å²) in [6, 6.07) is 8.19. The minimum absolute atomic E-state index is 0.0408. The van der Waals surface area contributed by atoms with E-state index in [1.807, 2.05) is 6.07 Å². The van der Waals surface area contributed by atoms with Crippen LogP contribution in [0, 0.1) is 23.2 Å². The van der Waals surface area contributed by atoms with E-state index in [2.05, 4.69) is 0 Å². The molecule has 6 heteroatoms. The summed E-state index contributed by atoms with van der Waals surface area (Å²) in [4.78, 5) is 0.0666. The van der Waals surface area contributed by atoms with E-state index >= 15 is 0 Å². The van der Waals surface area contributed by atoms with Gasteiger partial charge < -0.3 is 5.11 Å². The number of hydrogen-bond donors (Lipinski definition) is 1. The Morgan fingerprint density at radius 1 is 1.25 bits per heavy atom. The van der Waals surface area contributed by atoms with Crippen LogP contribution in [0.25, 0.3) is 0 Å². The summed E-state index contributed by atoms with van der Waals surface area (Å²) in [6.07, 6.45) is 1.24. The fraction of sp³-hybridized carbons (Fsp3) is 0.500. The van der Waals surface area contributed by atoms with E-state index < -0.39 is 16.1 Å². The summed E-state index contributed by atoms with van der Waals surface area (Å²) in [7, 11) is -3.65. The van der Waals surface area contributed by atoms with E-state index in [0.717, 1.165) is 12.8 Å². The monoisotopic (exact) mass is 292 g/mol. The van der Waals surface area contributed by atoms with Crippen LogP contribution in [0.5, 0.6) is 0 Å². The number of hydrogen-bond acceptors (Lipinski definition) is 4. The second kappa shape index (κ2) is 4.85. The van der Waals surface area contributed by atoms with Crippen molar-refractivity contribution >= 4 is 10.0 Å². The van der Waals surface area contributed by atoms with Crippen molar-refractivity contribution in [2.75, 3.05) is 13.1 Å². The largest absolute Gasteiger partial charge is 0.393 e. The minimum Gasteiger partial charge on any atom is -0.393 e. The molecule has 5 nitrogen and oxygen atoms in total. The Hall–Kier alpha value is -1.42. The third kappa shape index (κ3) is 2.03. The van der Waals surface area contributed by atoms with Crippen molar-refractivity contribution in [3.8, 4) is 6.07 Å². The number of nitriles is 1. The Bertz CT molecular complexity index is 665. The highest BCUT2D eigenvalue weighted by molar-refractivity contribution is 7.89. The highest BCUT2D eigenvalue weighted by Crippen LogP contribution is 2.40. The Labute approximate surface area is 118 Å². The van der Waals surface area contributed by atoms with Crippen molar-refractivity contribution in [3.05, 3.63) is 29.8 Å². The standard InChI is InChI=1S/C14H16N2O3S/c15-7-10-3-1-2-4-14(10)20(18,19)16-8-11-5-6-13(17)12(11)9-16/h1-4,11-13,17H,5-6,8-9H2. The number of sulfonamides is 1. The molecule has 2 fully saturated rings. The number of aliphatic hydroxyl groups excluding tert-OH is 1. The maximum absolute atomic E-state index is 12.6. The van der Waals surface area contributed by atoms with Gasteiger partial charge >= 0.3 is 0 Å². The average Bonchev–Trinajstić information content (AvgIpc) is 3.02. The van der Waals surface area contributed by atoms with Gasteiger partial charge in [0.1, 0.15) is 6.07 Å². The van der Waals surface area contributed by atoms with Crippen molar-refractivity contribution in [1.82, 2.24) is 4.31 Å². The molecule has 1 aromatic rings. The molecule has 2 aliphatic rings. The smallest absolute Gasteiger partial charge is 0.244 e. The zero-order chi connectivity index (χ0) is 14.3. The van der Waals surface area contributed by atoms with E-state index in [1.165, 1.54) is 16.4 Å². The van der Waals surface area contributed by atoms with E-state index in [4.69, 9.17) is 5.26 Å². The second-order valence-corrected chi connectivity index (χ2v) is 7.40. The molecule has 1 aliphatic heterocycles. The molecular weight excluding hydrogens is 276 g/mol. The molecule has 20 heavy (non-hydrogen) atoms. The van der Waals surface area contributed by atoms with Crippen molar-refractivity contribution in [3.63, 3.8) is 0 Å². The SMILES string of the molecule is N#Cc1ccccc1S(=O)(=O)N1CC2CCC(O)C2C1. The first-order chi connectivity index (χ1) is 9.54. The molecule has 0 bridgehead atoms. The topological polar surface area (TPSA) is 81.4 Å². The van der Waals surface area contributed by atoms with Crippen LogP contribution in [0.15, 0.2) is 29.2 Å². The summed E-state index contributed by atoms with van der Waals surface area (Å²) >= 11 is 0. The Morgan fingerprint density at radius 3 is 2.70 bits per heavy atom. The number of benzene rings is 1. The highest BCUT2D eigenvalue weighted by Gasteiger charge is 2.46. The lowest BCUT2D eigenvalue weighted by Crippen LogP contribution is -2.31. The van der Waals surface area contributed by atoms with Gasteiger partial charge in [0.05, 0.1) is 16.6 Å². The lowest BCUT2D eigenvalue weighted by atomic mass is 10.00. The summed E-state index contributed by atoms with van der Waals surface area (Å²) in [5.74, 6) is 0.285. The van der Waals surface area contributed by atoms with Gasteiger partial charge in [-0.3, -0.25) is 0 Å². The first-order valence-corrected chi connectivity index (χ1v) is 8.15. The molecular formula is C14H16N2O3S. The van der Waals surface area contributed by atoms with Crippen LogP contribution in [-0.2, 0) is 10.0 Å². The maximum atomic E-state index is 12.6. The minimum atomic E-state index is -3.65. The molecule has 1 aliphatic carbocycles. The molecule has 106 valence electrons. The maximum Gasteiger partial charge on any atom is 0.244 e. The molecule has 3 rings (SSSR count). The van der Waals surface area contributed by atoms with E-state index in [0.29, 0.717) is 13.1 Å². The Morgan fingerprint density at radius 2 is 2.00 bits per heavy atom. The van der Waals surface area contributed by atoms with Crippen LogP contribution in [0.4, 0.5) is 0 Å². The molecule has 1 heterocycles. The number of rotatable bonds is 2. The summed E-state index contributed by atoms with van der Waals surface area (Å²) in [5, 5.41) is 18.9.